The van der Waals surface area contributed by atoms with Crippen molar-refractivity contribution in [3.8, 4) is 0 Å². The van der Waals surface area contributed by atoms with Gasteiger partial charge in [0.25, 0.3) is 6.10 Å². The fourth-order valence-electron chi connectivity index (χ4n) is 6.15. The second-order valence-corrected chi connectivity index (χ2v) is 11.1. The molecule has 0 saturated carbocycles. The summed E-state index contributed by atoms with van der Waals surface area (Å²) in [7, 11) is 0. The van der Waals surface area contributed by atoms with E-state index in [-0.39, 0.29) is 30.3 Å². The number of fused-ring (bicyclic) bond motifs is 1. The molecule has 206 valence electrons. The van der Waals surface area contributed by atoms with Gasteiger partial charge >= 0.3 is 18.4 Å². The molecule has 1 amide bonds. The Morgan fingerprint density at radius 1 is 1.08 bits per heavy atom. The molecule has 13 heteroatoms. The standard InChI is InChI=1S/C24H28ClF6N3O3/c25-19-15(2-1-3-18(19)33-6-4-22(13-33)5-7-36-14-22)8-32-9-16-11-34(12-17(16)10-32)21(35)37-20(23(26,27)28)24(29,30)31/h1-3,16-17,20H,4-14H2. The van der Waals surface area contributed by atoms with Crippen LogP contribution in [0.3, 0.4) is 0 Å². The first kappa shape index (κ1) is 26.7. The molecule has 0 bridgehead atoms. The van der Waals surface area contributed by atoms with Gasteiger partial charge < -0.3 is 19.3 Å². The Kier molecular flexibility index (Phi) is 6.98. The van der Waals surface area contributed by atoms with Crippen molar-refractivity contribution < 1.29 is 40.6 Å². The van der Waals surface area contributed by atoms with Crippen molar-refractivity contribution in [2.45, 2.75) is 37.8 Å². The van der Waals surface area contributed by atoms with Crippen LogP contribution in [-0.4, -0.2) is 86.8 Å². The fraction of sp³-hybridized carbons (Fsp3) is 0.708. The number of carbonyl (C=O) groups is 1. The maximum Gasteiger partial charge on any atom is 0.434 e. The number of nitrogens with zero attached hydrogens (tertiary/aromatic N) is 3. The van der Waals surface area contributed by atoms with Crippen LogP contribution in [0.15, 0.2) is 18.2 Å². The largest absolute Gasteiger partial charge is 0.434 e. The summed E-state index contributed by atoms with van der Waals surface area (Å²) in [6.07, 6.45) is -15.1. The topological polar surface area (TPSA) is 45.2 Å². The zero-order valence-electron chi connectivity index (χ0n) is 20.0. The SMILES string of the molecule is O=C(OC(C(F)(F)F)C(F)(F)F)N1CC2CN(Cc3cccc(N4CCC5(CCOC5)C4)c3Cl)CC2C1. The Bertz CT molecular complexity index is 988. The summed E-state index contributed by atoms with van der Waals surface area (Å²) < 4.78 is 86.0. The van der Waals surface area contributed by atoms with Gasteiger partial charge in [0.2, 0.25) is 0 Å². The number of amides is 1. The van der Waals surface area contributed by atoms with Crippen molar-refractivity contribution in [3.05, 3.63) is 28.8 Å². The lowest BCUT2D eigenvalue weighted by atomic mass is 9.87. The van der Waals surface area contributed by atoms with Crippen molar-refractivity contribution >= 4 is 23.4 Å². The van der Waals surface area contributed by atoms with Gasteiger partial charge in [-0.15, -0.1) is 0 Å². The van der Waals surface area contributed by atoms with Crippen LogP contribution in [0.25, 0.3) is 0 Å². The molecule has 0 radical (unpaired) electrons. The smallest absolute Gasteiger partial charge is 0.426 e. The number of alkyl halides is 6. The molecule has 3 unspecified atom stereocenters. The van der Waals surface area contributed by atoms with Crippen LogP contribution in [0, 0.1) is 17.3 Å². The highest BCUT2D eigenvalue weighted by molar-refractivity contribution is 6.34. The number of ether oxygens (including phenoxy) is 2. The van der Waals surface area contributed by atoms with Crippen molar-refractivity contribution in [2.75, 3.05) is 57.4 Å². The van der Waals surface area contributed by atoms with Crippen LogP contribution >= 0.6 is 11.6 Å². The van der Waals surface area contributed by atoms with Crippen LogP contribution in [0.5, 0.6) is 0 Å². The Morgan fingerprint density at radius 3 is 2.35 bits per heavy atom. The average molecular weight is 556 g/mol. The molecule has 6 nitrogen and oxygen atoms in total. The monoisotopic (exact) mass is 555 g/mol. The Balaban J connectivity index is 1.17. The second kappa shape index (κ2) is 9.68. The summed E-state index contributed by atoms with van der Waals surface area (Å²) in [5.74, 6) is -0.129. The molecule has 0 aromatic heterocycles. The Hall–Kier alpha value is -1.92. The van der Waals surface area contributed by atoms with Crippen LogP contribution < -0.4 is 4.90 Å². The fourth-order valence-corrected chi connectivity index (χ4v) is 6.45. The van der Waals surface area contributed by atoms with E-state index < -0.39 is 24.5 Å². The summed E-state index contributed by atoms with van der Waals surface area (Å²) in [6.45, 7) is 5.16. The minimum atomic E-state index is -5.73. The zero-order valence-corrected chi connectivity index (χ0v) is 20.7. The van der Waals surface area contributed by atoms with Crippen LogP contribution in [0.4, 0.5) is 36.8 Å². The van der Waals surface area contributed by atoms with E-state index in [9.17, 15) is 31.1 Å². The Labute approximate surface area is 215 Å². The van der Waals surface area contributed by atoms with E-state index in [1.807, 2.05) is 18.2 Å². The highest BCUT2D eigenvalue weighted by Crippen LogP contribution is 2.43. The molecular weight excluding hydrogens is 528 g/mol. The molecule has 0 N–H and O–H groups in total. The zero-order chi connectivity index (χ0) is 26.6. The molecule has 1 aromatic rings. The van der Waals surface area contributed by atoms with Gasteiger partial charge in [-0.25, -0.2) is 4.79 Å². The number of halogens is 7. The summed E-state index contributed by atoms with van der Waals surface area (Å²) in [4.78, 5) is 17.5. The maximum atomic E-state index is 12.7. The van der Waals surface area contributed by atoms with Gasteiger partial charge in [-0.3, -0.25) is 4.90 Å². The van der Waals surface area contributed by atoms with E-state index in [0.717, 1.165) is 55.3 Å². The molecule has 0 aliphatic carbocycles. The molecule has 5 rings (SSSR count). The third-order valence-electron chi connectivity index (χ3n) is 8.05. The predicted octanol–water partition coefficient (Wildman–Crippen LogP) is 4.95. The molecule has 4 heterocycles. The number of benzene rings is 1. The van der Waals surface area contributed by atoms with Gasteiger partial charge in [0.15, 0.2) is 0 Å². The number of rotatable bonds is 4. The van der Waals surface area contributed by atoms with Gasteiger partial charge in [0.05, 0.1) is 17.3 Å². The quantitative estimate of drug-likeness (QED) is 0.492. The van der Waals surface area contributed by atoms with Crippen molar-refractivity contribution in [1.29, 1.82) is 0 Å². The van der Waals surface area contributed by atoms with Crippen LogP contribution in [0.1, 0.15) is 18.4 Å². The van der Waals surface area contributed by atoms with Gasteiger partial charge in [0.1, 0.15) is 0 Å². The van der Waals surface area contributed by atoms with E-state index in [1.54, 1.807) is 0 Å². The lowest BCUT2D eigenvalue weighted by Gasteiger charge is -2.27. The molecule has 4 aliphatic rings. The first-order valence-electron chi connectivity index (χ1n) is 12.3. The maximum absolute atomic E-state index is 12.7. The van der Waals surface area contributed by atoms with Gasteiger partial charge in [-0.1, -0.05) is 23.7 Å². The predicted molar refractivity (Wildman–Crippen MR) is 122 cm³/mol. The third-order valence-corrected chi connectivity index (χ3v) is 8.49. The average Bonchev–Trinajstić information content (AvgIpc) is 3.57. The first-order chi connectivity index (χ1) is 17.3. The number of hydrogen-bond donors (Lipinski definition) is 0. The first-order valence-corrected chi connectivity index (χ1v) is 12.6. The molecular formula is C24H28ClF6N3O3. The summed E-state index contributed by atoms with van der Waals surface area (Å²) in [5.41, 5.74) is 2.14. The lowest BCUT2D eigenvalue weighted by Crippen LogP contribution is -2.48. The van der Waals surface area contributed by atoms with Crippen molar-refractivity contribution in [3.63, 3.8) is 0 Å². The van der Waals surface area contributed by atoms with Crippen LogP contribution in [-0.2, 0) is 16.0 Å². The van der Waals surface area contributed by atoms with Gasteiger partial charge in [-0.05, 0) is 36.3 Å². The number of hydrogen-bond acceptors (Lipinski definition) is 5. The van der Waals surface area contributed by atoms with Crippen molar-refractivity contribution in [2.24, 2.45) is 17.3 Å². The van der Waals surface area contributed by atoms with Gasteiger partial charge in [0, 0.05) is 57.8 Å². The van der Waals surface area contributed by atoms with Crippen molar-refractivity contribution in [1.82, 2.24) is 9.80 Å². The molecule has 1 spiro atoms. The summed E-state index contributed by atoms with van der Waals surface area (Å²) >= 11 is 6.82. The van der Waals surface area contributed by atoms with E-state index in [0.29, 0.717) is 24.7 Å². The number of anilines is 1. The number of carbonyl (C=O) groups excluding carboxylic acids is 1. The van der Waals surface area contributed by atoms with Gasteiger partial charge in [-0.2, -0.15) is 26.3 Å². The summed E-state index contributed by atoms with van der Waals surface area (Å²) in [6, 6.07) is 5.94. The molecule has 3 atom stereocenters. The van der Waals surface area contributed by atoms with Crippen LogP contribution in [0.2, 0.25) is 5.02 Å². The third kappa shape index (κ3) is 5.47. The summed E-state index contributed by atoms with van der Waals surface area (Å²) in [5, 5.41) is 0.686. The molecule has 4 fully saturated rings. The minimum Gasteiger partial charge on any atom is -0.426 e. The normalized spacial score (nSPS) is 28.6. The van der Waals surface area contributed by atoms with E-state index in [4.69, 9.17) is 16.3 Å². The molecule has 1 aromatic carbocycles. The van der Waals surface area contributed by atoms with E-state index in [2.05, 4.69) is 14.5 Å². The van der Waals surface area contributed by atoms with E-state index >= 15 is 0 Å². The molecule has 4 aliphatic heterocycles. The lowest BCUT2D eigenvalue weighted by molar-refractivity contribution is -0.308. The van der Waals surface area contributed by atoms with E-state index in [1.165, 1.54) is 0 Å². The molecule has 37 heavy (non-hydrogen) atoms. The molecule has 4 saturated heterocycles. The second-order valence-electron chi connectivity index (χ2n) is 10.7. The highest BCUT2D eigenvalue weighted by Gasteiger charge is 2.60. The highest BCUT2D eigenvalue weighted by atomic mass is 35.5. The number of likely N-dealkylation sites (tertiary alicyclic amines) is 2. The minimum absolute atomic E-state index is 0.0497. The Morgan fingerprint density at radius 2 is 1.76 bits per heavy atom.